The fourth-order valence-corrected chi connectivity index (χ4v) is 4.75. The molecule has 0 saturated carbocycles. The van der Waals surface area contributed by atoms with Gasteiger partial charge in [0.1, 0.15) is 14.8 Å². The number of benzene rings is 1. The van der Waals surface area contributed by atoms with Gasteiger partial charge in [-0.15, -0.1) is 0 Å². The number of hydrogen-bond acceptors (Lipinski definition) is 7. The number of halogens is 1. The molecule has 1 aromatic rings. The number of carbonyl (C=O) groups is 2. The highest BCUT2D eigenvalue weighted by Crippen LogP contribution is 2.52. The number of ether oxygens (including phenoxy) is 2. The van der Waals surface area contributed by atoms with Crippen LogP contribution in [0.3, 0.4) is 0 Å². The Kier molecular flexibility index (Phi) is 7.37. The van der Waals surface area contributed by atoms with Gasteiger partial charge in [-0.05, 0) is 5.56 Å². The van der Waals surface area contributed by atoms with Crippen LogP contribution in [0, 0.1) is 0 Å². The van der Waals surface area contributed by atoms with E-state index in [1.165, 1.54) is 14.2 Å². The first kappa shape index (κ1) is 19.8. The molecule has 1 heterocycles. The quantitative estimate of drug-likeness (QED) is 0.445. The molecule has 0 spiro atoms. The minimum Gasteiger partial charge on any atom is -0.465 e. The first-order chi connectivity index (χ1) is 12.0. The molecule has 0 aromatic heterocycles. The van der Waals surface area contributed by atoms with Crippen molar-refractivity contribution in [3.05, 3.63) is 55.0 Å². The first-order valence-corrected chi connectivity index (χ1v) is 9.38. The van der Waals surface area contributed by atoms with E-state index < -0.39 is 11.9 Å². The van der Waals surface area contributed by atoms with Gasteiger partial charge in [-0.25, -0.2) is 9.59 Å². The van der Waals surface area contributed by atoms with Crippen molar-refractivity contribution in [1.29, 1.82) is 0 Å². The smallest absolute Gasteiger partial charge is 0.346 e. The van der Waals surface area contributed by atoms with E-state index in [2.05, 4.69) is 5.32 Å². The molecule has 1 N–H and O–H groups in total. The summed E-state index contributed by atoms with van der Waals surface area (Å²) in [6, 6.07) is 9.71. The zero-order valence-corrected chi connectivity index (χ0v) is 16.5. The van der Waals surface area contributed by atoms with Crippen molar-refractivity contribution in [1.82, 2.24) is 5.32 Å². The molecule has 0 radical (unpaired) electrons. The highest BCUT2D eigenvalue weighted by Gasteiger charge is 2.34. The Morgan fingerprint density at radius 2 is 1.60 bits per heavy atom. The average Bonchev–Trinajstić information content (AvgIpc) is 3.10. The maximum Gasteiger partial charge on any atom is 0.346 e. The van der Waals surface area contributed by atoms with E-state index in [4.69, 9.17) is 33.3 Å². The van der Waals surface area contributed by atoms with E-state index in [0.29, 0.717) is 15.8 Å². The SMILES string of the molecule is COC(=O)C1=C(C(=O)OC)SC(=C(Cl)C(=S)NCc2ccccc2)S1. The fraction of sp³-hybridized carbons (Fsp3) is 0.188. The third-order valence-corrected chi connectivity index (χ3v) is 6.63. The van der Waals surface area contributed by atoms with Gasteiger partial charge in [0.2, 0.25) is 0 Å². The summed E-state index contributed by atoms with van der Waals surface area (Å²) in [6.45, 7) is 0.514. The molecule has 25 heavy (non-hydrogen) atoms. The van der Waals surface area contributed by atoms with Crippen LogP contribution in [0.1, 0.15) is 5.56 Å². The van der Waals surface area contributed by atoms with Crippen molar-refractivity contribution in [2.24, 2.45) is 0 Å². The number of esters is 2. The second-order valence-corrected chi connectivity index (χ2v) is 7.70. The lowest BCUT2D eigenvalue weighted by molar-refractivity contribution is -0.138. The minimum absolute atomic E-state index is 0.137. The number of nitrogens with one attached hydrogen (secondary N) is 1. The van der Waals surface area contributed by atoms with Crippen LogP contribution in [-0.4, -0.2) is 31.1 Å². The summed E-state index contributed by atoms with van der Waals surface area (Å²) in [5.41, 5.74) is 1.05. The molecule has 0 saturated heterocycles. The normalized spacial score (nSPS) is 13.5. The second kappa shape index (κ2) is 9.28. The maximum atomic E-state index is 11.9. The molecule has 1 aliphatic heterocycles. The molecule has 0 atom stereocenters. The van der Waals surface area contributed by atoms with Gasteiger partial charge in [0.15, 0.2) is 0 Å². The molecule has 9 heteroatoms. The Hall–Kier alpha value is -1.48. The highest BCUT2D eigenvalue weighted by atomic mass is 35.5. The lowest BCUT2D eigenvalue weighted by Crippen LogP contribution is -2.21. The van der Waals surface area contributed by atoms with Crippen LogP contribution in [0.4, 0.5) is 0 Å². The largest absolute Gasteiger partial charge is 0.465 e. The summed E-state index contributed by atoms with van der Waals surface area (Å²) >= 11 is 13.7. The summed E-state index contributed by atoms with van der Waals surface area (Å²) in [4.78, 5) is 24.3. The van der Waals surface area contributed by atoms with Crippen molar-refractivity contribution < 1.29 is 19.1 Å². The van der Waals surface area contributed by atoms with Gasteiger partial charge in [-0.2, -0.15) is 0 Å². The summed E-state index contributed by atoms with van der Waals surface area (Å²) < 4.78 is 9.92. The first-order valence-electron chi connectivity index (χ1n) is 6.96. The minimum atomic E-state index is -0.625. The topological polar surface area (TPSA) is 64.6 Å². The molecule has 2 rings (SSSR count). The zero-order chi connectivity index (χ0) is 18.4. The molecule has 1 aromatic carbocycles. The predicted octanol–water partition coefficient (Wildman–Crippen LogP) is 3.55. The van der Waals surface area contributed by atoms with E-state index in [1.807, 2.05) is 30.3 Å². The van der Waals surface area contributed by atoms with Gasteiger partial charge in [-0.3, -0.25) is 0 Å². The molecule has 5 nitrogen and oxygen atoms in total. The van der Waals surface area contributed by atoms with Crippen molar-refractivity contribution in [3.8, 4) is 0 Å². The van der Waals surface area contributed by atoms with Crippen molar-refractivity contribution in [2.45, 2.75) is 6.54 Å². The monoisotopic (exact) mass is 415 g/mol. The Balaban J connectivity index is 2.13. The van der Waals surface area contributed by atoms with Gasteiger partial charge in [-0.1, -0.05) is 77.7 Å². The molecule has 0 aliphatic carbocycles. The zero-order valence-electron chi connectivity index (χ0n) is 13.3. The van der Waals surface area contributed by atoms with Crippen LogP contribution in [0.25, 0.3) is 0 Å². The average molecular weight is 416 g/mol. The number of thioether (sulfide) groups is 2. The van der Waals surface area contributed by atoms with Crippen LogP contribution >= 0.6 is 47.3 Å². The Morgan fingerprint density at radius 3 is 2.08 bits per heavy atom. The Morgan fingerprint density at radius 1 is 1.08 bits per heavy atom. The van der Waals surface area contributed by atoms with Crippen molar-refractivity contribution >= 4 is 64.3 Å². The second-order valence-electron chi connectivity index (χ2n) is 4.62. The van der Waals surface area contributed by atoms with Crippen LogP contribution < -0.4 is 5.32 Å². The van der Waals surface area contributed by atoms with Crippen LogP contribution in [0.2, 0.25) is 0 Å². The van der Waals surface area contributed by atoms with E-state index in [9.17, 15) is 9.59 Å². The Labute approximate surface area is 164 Å². The molecular weight excluding hydrogens is 402 g/mol. The van der Waals surface area contributed by atoms with E-state index in [-0.39, 0.29) is 14.8 Å². The van der Waals surface area contributed by atoms with Crippen LogP contribution in [-0.2, 0) is 25.6 Å². The highest BCUT2D eigenvalue weighted by molar-refractivity contribution is 8.29. The van der Waals surface area contributed by atoms with Gasteiger partial charge >= 0.3 is 11.9 Å². The number of carbonyl (C=O) groups excluding carboxylic acids is 2. The van der Waals surface area contributed by atoms with Crippen LogP contribution in [0.5, 0.6) is 0 Å². The van der Waals surface area contributed by atoms with Gasteiger partial charge in [0.25, 0.3) is 0 Å². The van der Waals surface area contributed by atoms with Crippen molar-refractivity contribution in [2.75, 3.05) is 14.2 Å². The van der Waals surface area contributed by atoms with Gasteiger partial charge < -0.3 is 14.8 Å². The fourth-order valence-electron chi connectivity index (χ4n) is 1.79. The van der Waals surface area contributed by atoms with Gasteiger partial charge in [0.05, 0.1) is 23.5 Å². The van der Waals surface area contributed by atoms with E-state index in [1.54, 1.807) is 0 Å². The Bertz CT molecular complexity index is 732. The number of rotatable bonds is 5. The number of thiocarbonyl (C=S) groups is 1. The van der Waals surface area contributed by atoms with E-state index >= 15 is 0 Å². The molecule has 132 valence electrons. The van der Waals surface area contributed by atoms with Crippen LogP contribution in [0.15, 0.2) is 49.4 Å². The summed E-state index contributed by atoms with van der Waals surface area (Å²) in [7, 11) is 2.48. The lowest BCUT2D eigenvalue weighted by Gasteiger charge is -2.09. The lowest BCUT2D eigenvalue weighted by atomic mass is 10.2. The summed E-state index contributed by atoms with van der Waals surface area (Å²) in [5, 5.41) is 3.32. The number of methoxy groups -OCH3 is 2. The van der Waals surface area contributed by atoms with Gasteiger partial charge in [0, 0.05) is 6.54 Å². The molecule has 0 bridgehead atoms. The van der Waals surface area contributed by atoms with Crippen molar-refractivity contribution in [3.63, 3.8) is 0 Å². The summed E-state index contributed by atoms with van der Waals surface area (Å²) in [6.07, 6.45) is 0. The maximum absolute atomic E-state index is 11.9. The summed E-state index contributed by atoms with van der Waals surface area (Å²) in [5.74, 6) is -1.25. The molecule has 0 fully saturated rings. The third-order valence-electron chi connectivity index (χ3n) is 3.01. The standard InChI is InChI=1S/C16H14ClNO4S3/c1-21-14(19)11-12(15(20)22-2)25-16(24-11)10(17)13(23)18-8-9-6-4-3-5-7-9/h3-7H,8H2,1-2H3,(H,18,23). The molecular formula is C16H14ClNO4S3. The molecule has 0 amide bonds. The molecule has 1 aliphatic rings. The predicted molar refractivity (Wildman–Crippen MR) is 105 cm³/mol. The third kappa shape index (κ3) is 5.01. The van der Waals surface area contributed by atoms with E-state index in [0.717, 1.165) is 29.1 Å². The number of hydrogen-bond donors (Lipinski definition) is 1. The molecule has 0 unspecified atom stereocenters.